The van der Waals surface area contributed by atoms with Crippen LogP contribution in [0.4, 0.5) is 0 Å². The van der Waals surface area contributed by atoms with Gasteiger partial charge < -0.3 is 19.3 Å². The Hall–Kier alpha value is -0.970. The van der Waals surface area contributed by atoms with Crippen molar-refractivity contribution in [1.29, 1.82) is 0 Å². The topological polar surface area (TPSA) is 47.9 Å². The molecule has 0 saturated carbocycles. The van der Waals surface area contributed by atoms with E-state index in [1.54, 1.807) is 19.2 Å². The van der Waals surface area contributed by atoms with Gasteiger partial charge in [0.2, 0.25) is 0 Å². The molecule has 1 N–H and O–H groups in total. The van der Waals surface area contributed by atoms with Gasteiger partial charge in [0.15, 0.2) is 11.5 Å². The van der Waals surface area contributed by atoms with E-state index in [0.717, 1.165) is 0 Å². The molecule has 4 nitrogen and oxygen atoms in total. The smallest absolute Gasteiger partial charge is 0.166 e. The highest BCUT2D eigenvalue weighted by molar-refractivity contribution is 6.30. The monoisotopic (exact) mass is 260 g/mol. The average molecular weight is 261 g/mol. The van der Waals surface area contributed by atoms with Gasteiger partial charge in [-0.3, -0.25) is 0 Å². The molecule has 1 aromatic carbocycles. The molecular formula is C12H17ClO4. The van der Waals surface area contributed by atoms with Gasteiger partial charge in [-0.25, -0.2) is 0 Å². The zero-order valence-corrected chi connectivity index (χ0v) is 11.0. The second-order valence-corrected chi connectivity index (χ2v) is 4.05. The van der Waals surface area contributed by atoms with Gasteiger partial charge in [-0.2, -0.15) is 0 Å². The van der Waals surface area contributed by atoms with Crippen LogP contribution in [0, 0.1) is 0 Å². The van der Waals surface area contributed by atoms with Crippen molar-refractivity contribution in [2.75, 3.05) is 20.8 Å². The number of aliphatic hydroxyl groups is 1. The molecule has 1 rings (SSSR count). The van der Waals surface area contributed by atoms with E-state index in [1.807, 2.05) is 6.92 Å². The van der Waals surface area contributed by atoms with E-state index < -0.39 is 0 Å². The van der Waals surface area contributed by atoms with E-state index in [-0.39, 0.29) is 12.7 Å². The normalized spacial score (nSPS) is 12.3. The first kappa shape index (κ1) is 14.1. The summed E-state index contributed by atoms with van der Waals surface area (Å²) in [6.07, 6.45) is -0.0399. The van der Waals surface area contributed by atoms with Gasteiger partial charge in [-0.15, -0.1) is 0 Å². The van der Waals surface area contributed by atoms with Crippen molar-refractivity contribution in [3.63, 3.8) is 0 Å². The molecule has 1 unspecified atom stereocenters. The predicted octanol–water partition coefficient (Wildman–Crippen LogP) is 2.25. The van der Waals surface area contributed by atoms with Gasteiger partial charge >= 0.3 is 0 Å². The van der Waals surface area contributed by atoms with Gasteiger partial charge in [0, 0.05) is 23.8 Å². The van der Waals surface area contributed by atoms with Crippen LogP contribution in [-0.4, -0.2) is 32.0 Å². The largest absolute Gasteiger partial charge is 0.493 e. The maximum atomic E-state index is 9.26. The minimum Gasteiger partial charge on any atom is -0.493 e. The standard InChI is InChI=1S/C12H17ClO4/c1-8(15-2)7-17-12-9(6-14)4-10(13)5-11(12)16-3/h4-5,8,14H,6-7H2,1-3H3. The van der Waals surface area contributed by atoms with Gasteiger partial charge in [0.05, 0.1) is 19.8 Å². The highest BCUT2D eigenvalue weighted by Gasteiger charge is 2.13. The summed E-state index contributed by atoms with van der Waals surface area (Å²) in [6, 6.07) is 3.30. The maximum absolute atomic E-state index is 9.26. The molecule has 0 bridgehead atoms. The highest BCUT2D eigenvalue weighted by atomic mass is 35.5. The Morgan fingerprint density at radius 3 is 2.59 bits per heavy atom. The zero-order chi connectivity index (χ0) is 12.8. The molecule has 0 aliphatic carbocycles. The van der Waals surface area contributed by atoms with Crippen LogP contribution in [0.15, 0.2) is 12.1 Å². The zero-order valence-electron chi connectivity index (χ0n) is 10.2. The van der Waals surface area contributed by atoms with Crippen molar-refractivity contribution in [2.45, 2.75) is 19.6 Å². The number of aliphatic hydroxyl groups excluding tert-OH is 1. The van der Waals surface area contributed by atoms with Crippen molar-refractivity contribution in [3.8, 4) is 11.5 Å². The van der Waals surface area contributed by atoms with E-state index in [0.29, 0.717) is 28.7 Å². The first-order chi connectivity index (χ1) is 8.12. The lowest BCUT2D eigenvalue weighted by molar-refractivity contribution is 0.0696. The molecule has 0 saturated heterocycles. The van der Waals surface area contributed by atoms with Crippen LogP contribution < -0.4 is 9.47 Å². The predicted molar refractivity (Wildman–Crippen MR) is 65.9 cm³/mol. The molecule has 1 atom stereocenters. The summed E-state index contributed by atoms with van der Waals surface area (Å²) in [5.41, 5.74) is 0.595. The van der Waals surface area contributed by atoms with Gasteiger partial charge in [-0.05, 0) is 13.0 Å². The number of rotatable bonds is 6. The van der Waals surface area contributed by atoms with E-state index in [2.05, 4.69) is 0 Å². The van der Waals surface area contributed by atoms with Crippen LogP contribution in [0.1, 0.15) is 12.5 Å². The van der Waals surface area contributed by atoms with E-state index in [4.69, 9.17) is 25.8 Å². The summed E-state index contributed by atoms with van der Waals surface area (Å²) in [5, 5.41) is 9.76. The number of methoxy groups -OCH3 is 2. The Morgan fingerprint density at radius 2 is 2.06 bits per heavy atom. The van der Waals surface area contributed by atoms with Crippen molar-refractivity contribution in [3.05, 3.63) is 22.7 Å². The van der Waals surface area contributed by atoms with Gasteiger partial charge in [0.1, 0.15) is 6.61 Å². The summed E-state index contributed by atoms with van der Waals surface area (Å²) in [4.78, 5) is 0. The molecule has 96 valence electrons. The van der Waals surface area contributed by atoms with Crippen molar-refractivity contribution in [1.82, 2.24) is 0 Å². The second kappa shape index (κ2) is 6.69. The SMILES string of the molecule is COc1cc(Cl)cc(CO)c1OCC(C)OC. The second-order valence-electron chi connectivity index (χ2n) is 3.61. The first-order valence-electron chi connectivity index (χ1n) is 5.25. The molecule has 17 heavy (non-hydrogen) atoms. The molecule has 0 aromatic heterocycles. The van der Waals surface area contributed by atoms with E-state index in [9.17, 15) is 5.11 Å². The van der Waals surface area contributed by atoms with E-state index in [1.165, 1.54) is 7.11 Å². The Morgan fingerprint density at radius 1 is 1.35 bits per heavy atom. The van der Waals surface area contributed by atoms with Gasteiger partial charge in [-0.1, -0.05) is 11.6 Å². The molecule has 0 amide bonds. The van der Waals surface area contributed by atoms with Crippen LogP contribution in [0.2, 0.25) is 5.02 Å². The highest BCUT2D eigenvalue weighted by Crippen LogP contribution is 2.34. The third-order valence-corrected chi connectivity index (χ3v) is 2.57. The Labute approximate surface area is 106 Å². The Kier molecular flexibility index (Phi) is 5.55. The lowest BCUT2D eigenvalue weighted by Crippen LogP contribution is -2.17. The minimum atomic E-state index is -0.159. The Balaban J connectivity index is 2.94. The van der Waals surface area contributed by atoms with Crippen LogP contribution in [0.5, 0.6) is 11.5 Å². The van der Waals surface area contributed by atoms with Crippen molar-refractivity contribution < 1.29 is 19.3 Å². The molecule has 5 heteroatoms. The molecule has 0 radical (unpaired) electrons. The summed E-state index contributed by atoms with van der Waals surface area (Å²) in [7, 11) is 3.14. The molecule has 0 aliphatic rings. The van der Waals surface area contributed by atoms with Crippen LogP contribution >= 0.6 is 11.6 Å². The summed E-state index contributed by atoms with van der Waals surface area (Å²) >= 11 is 5.90. The molecule has 0 aliphatic heterocycles. The molecule has 1 aromatic rings. The van der Waals surface area contributed by atoms with Crippen molar-refractivity contribution in [2.24, 2.45) is 0 Å². The molecular weight excluding hydrogens is 244 g/mol. The quantitative estimate of drug-likeness (QED) is 0.852. The van der Waals surface area contributed by atoms with Gasteiger partial charge in [0.25, 0.3) is 0 Å². The fourth-order valence-electron chi connectivity index (χ4n) is 1.32. The number of halogens is 1. The van der Waals surface area contributed by atoms with Crippen LogP contribution in [-0.2, 0) is 11.3 Å². The minimum absolute atomic E-state index is 0.0399. The van der Waals surface area contributed by atoms with Crippen LogP contribution in [0.25, 0.3) is 0 Å². The number of hydrogen-bond acceptors (Lipinski definition) is 4. The summed E-state index contributed by atoms with van der Waals surface area (Å²) < 4.78 is 15.9. The number of benzene rings is 1. The number of ether oxygens (including phenoxy) is 3. The number of hydrogen-bond donors (Lipinski definition) is 1. The van der Waals surface area contributed by atoms with Crippen LogP contribution in [0.3, 0.4) is 0 Å². The lowest BCUT2D eigenvalue weighted by atomic mass is 10.2. The van der Waals surface area contributed by atoms with E-state index >= 15 is 0 Å². The summed E-state index contributed by atoms with van der Waals surface area (Å²) in [5.74, 6) is 1.01. The average Bonchev–Trinajstić information content (AvgIpc) is 2.35. The third-order valence-electron chi connectivity index (χ3n) is 2.35. The first-order valence-corrected chi connectivity index (χ1v) is 5.63. The maximum Gasteiger partial charge on any atom is 0.166 e. The molecule has 0 spiro atoms. The fraction of sp³-hybridized carbons (Fsp3) is 0.500. The molecule has 0 fully saturated rings. The van der Waals surface area contributed by atoms with Crippen molar-refractivity contribution >= 4 is 11.6 Å². The third kappa shape index (κ3) is 3.77. The lowest BCUT2D eigenvalue weighted by Gasteiger charge is -2.17. The Bertz CT molecular complexity index is 343. The summed E-state index contributed by atoms with van der Waals surface area (Å²) in [6.45, 7) is 2.11. The molecule has 0 heterocycles. The fourth-order valence-corrected chi connectivity index (χ4v) is 1.56.